The fourth-order valence-electron chi connectivity index (χ4n) is 1.59. The van der Waals surface area contributed by atoms with Crippen molar-refractivity contribution in [2.45, 2.75) is 13.2 Å². The van der Waals surface area contributed by atoms with Crippen LogP contribution in [-0.4, -0.2) is 0 Å². The number of benzene rings is 2. The van der Waals surface area contributed by atoms with Gasteiger partial charge >= 0.3 is 0 Å². The van der Waals surface area contributed by atoms with E-state index in [1.807, 2.05) is 12.1 Å². The Morgan fingerprint density at radius 3 is 2.53 bits per heavy atom. The summed E-state index contributed by atoms with van der Waals surface area (Å²) in [6.07, 6.45) is 0. The van der Waals surface area contributed by atoms with Gasteiger partial charge in [0.15, 0.2) is 11.6 Å². The molecule has 0 saturated heterocycles. The normalized spacial score (nSPS) is 10.5. The van der Waals surface area contributed by atoms with Gasteiger partial charge < -0.3 is 10.5 Å². The maximum absolute atomic E-state index is 13.0. The van der Waals surface area contributed by atoms with Crippen LogP contribution in [0.2, 0.25) is 0 Å². The molecule has 5 heteroatoms. The molecular weight excluding hydrogens is 316 g/mol. The highest BCUT2D eigenvalue weighted by molar-refractivity contribution is 9.10. The van der Waals surface area contributed by atoms with Crippen molar-refractivity contribution in [2.24, 2.45) is 5.73 Å². The van der Waals surface area contributed by atoms with Gasteiger partial charge in [-0.1, -0.05) is 22.0 Å². The summed E-state index contributed by atoms with van der Waals surface area (Å²) in [4.78, 5) is 0. The van der Waals surface area contributed by atoms with Crippen LogP contribution in [-0.2, 0) is 13.2 Å². The van der Waals surface area contributed by atoms with Crippen LogP contribution in [0.3, 0.4) is 0 Å². The SMILES string of the molecule is NCc1cc(OCc2ccc(F)c(F)c2)ccc1Br. The van der Waals surface area contributed by atoms with Gasteiger partial charge in [0, 0.05) is 11.0 Å². The first-order chi connectivity index (χ1) is 9.10. The Labute approximate surface area is 118 Å². The molecule has 0 aliphatic heterocycles. The second kappa shape index (κ2) is 6.12. The summed E-state index contributed by atoms with van der Waals surface area (Å²) in [5, 5.41) is 0. The summed E-state index contributed by atoms with van der Waals surface area (Å²) in [6.45, 7) is 0.561. The quantitative estimate of drug-likeness (QED) is 0.927. The standard InChI is InChI=1S/C14H12BrF2NO/c15-12-3-2-11(6-10(12)7-18)19-8-9-1-4-13(16)14(17)5-9/h1-6H,7-8,18H2. The second-order valence-corrected chi connectivity index (χ2v) is 4.85. The molecular formula is C14H12BrF2NO. The fraction of sp³-hybridized carbons (Fsp3) is 0.143. The second-order valence-electron chi connectivity index (χ2n) is 3.99. The number of hydrogen-bond donors (Lipinski definition) is 1. The zero-order chi connectivity index (χ0) is 13.8. The summed E-state index contributed by atoms with van der Waals surface area (Å²) in [6, 6.07) is 9.12. The number of ether oxygens (including phenoxy) is 1. The van der Waals surface area contributed by atoms with Gasteiger partial charge in [-0.05, 0) is 41.5 Å². The Morgan fingerprint density at radius 1 is 1.05 bits per heavy atom. The maximum Gasteiger partial charge on any atom is 0.159 e. The number of halogens is 3. The van der Waals surface area contributed by atoms with Crippen LogP contribution in [0.1, 0.15) is 11.1 Å². The molecule has 2 rings (SSSR count). The first-order valence-electron chi connectivity index (χ1n) is 5.65. The van der Waals surface area contributed by atoms with Crippen molar-refractivity contribution in [3.8, 4) is 5.75 Å². The van der Waals surface area contributed by atoms with Gasteiger partial charge in [-0.25, -0.2) is 8.78 Å². The highest BCUT2D eigenvalue weighted by Gasteiger charge is 2.04. The molecule has 0 aliphatic carbocycles. The van der Waals surface area contributed by atoms with E-state index in [0.29, 0.717) is 17.9 Å². The lowest BCUT2D eigenvalue weighted by Gasteiger charge is -2.09. The van der Waals surface area contributed by atoms with Crippen molar-refractivity contribution in [2.75, 3.05) is 0 Å². The molecule has 0 aromatic heterocycles. The van der Waals surface area contributed by atoms with Gasteiger partial charge in [0.05, 0.1) is 0 Å². The minimum atomic E-state index is -0.875. The molecule has 0 atom stereocenters. The minimum absolute atomic E-state index is 0.169. The molecule has 0 amide bonds. The molecule has 2 N–H and O–H groups in total. The van der Waals surface area contributed by atoms with Gasteiger partial charge in [0.25, 0.3) is 0 Å². The molecule has 0 fully saturated rings. The largest absolute Gasteiger partial charge is 0.489 e. The van der Waals surface area contributed by atoms with E-state index in [1.54, 1.807) is 6.07 Å². The van der Waals surface area contributed by atoms with Crippen molar-refractivity contribution < 1.29 is 13.5 Å². The zero-order valence-electron chi connectivity index (χ0n) is 10.00. The van der Waals surface area contributed by atoms with Crippen LogP contribution in [0.15, 0.2) is 40.9 Å². The minimum Gasteiger partial charge on any atom is -0.489 e. The lowest BCUT2D eigenvalue weighted by molar-refractivity contribution is 0.304. The Bertz CT molecular complexity index is 590. The van der Waals surface area contributed by atoms with Crippen molar-refractivity contribution in [1.82, 2.24) is 0 Å². The molecule has 0 spiro atoms. The molecule has 19 heavy (non-hydrogen) atoms. The van der Waals surface area contributed by atoms with Crippen molar-refractivity contribution in [3.05, 3.63) is 63.6 Å². The van der Waals surface area contributed by atoms with Crippen LogP contribution in [0, 0.1) is 11.6 Å². The monoisotopic (exact) mass is 327 g/mol. The molecule has 2 nitrogen and oxygen atoms in total. The zero-order valence-corrected chi connectivity index (χ0v) is 11.6. The first-order valence-corrected chi connectivity index (χ1v) is 6.44. The van der Waals surface area contributed by atoms with Crippen LogP contribution in [0.5, 0.6) is 5.75 Å². The maximum atomic E-state index is 13.0. The number of nitrogens with two attached hydrogens (primary N) is 1. The highest BCUT2D eigenvalue weighted by Crippen LogP contribution is 2.23. The summed E-state index contributed by atoms with van der Waals surface area (Å²) < 4.78 is 32.2. The Morgan fingerprint density at radius 2 is 1.84 bits per heavy atom. The third kappa shape index (κ3) is 3.52. The third-order valence-electron chi connectivity index (χ3n) is 2.63. The van der Waals surface area contributed by atoms with Gasteiger partial charge in [0.2, 0.25) is 0 Å². The van der Waals surface area contributed by atoms with E-state index in [-0.39, 0.29) is 6.61 Å². The molecule has 0 saturated carbocycles. The average Bonchev–Trinajstić information content (AvgIpc) is 2.41. The smallest absolute Gasteiger partial charge is 0.159 e. The molecule has 0 aliphatic rings. The molecule has 0 bridgehead atoms. The van der Waals surface area contributed by atoms with E-state index in [9.17, 15) is 8.78 Å². The van der Waals surface area contributed by atoms with Crippen molar-refractivity contribution in [1.29, 1.82) is 0 Å². The van der Waals surface area contributed by atoms with Gasteiger partial charge in [-0.15, -0.1) is 0 Å². The van der Waals surface area contributed by atoms with Crippen LogP contribution in [0.25, 0.3) is 0 Å². The molecule has 0 heterocycles. The number of hydrogen-bond acceptors (Lipinski definition) is 2. The summed E-state index contributed by atoms with van der Waals surface area (Å²) in [5.74, 6) is -1.11. The average molecular weight is 328 g/mol. The van der Waals surface area contributed by atoms with E-state index in [2.05, 4.69) is 15.9 Å². The molecule has 0 radical (unpaired) electrons. The lowest BCUT2D eigenvalue weighted by atomic mass is 10.2. The van der Waals surface area contributed by atoms with Crippen molar-refractivity contribution >= 4 is 15.9 Å². The number of rotatable bonds is 4. The van der Waals surface area contributed by atoms with Gasteiger partial charge in [-0.3, -0.25) is 0 Å². The Kier molecular flexibility index (Phi) is 4.50. The van der Waals surface area contributed by atoms with E-state index in [0.717, 1.165) is 22.2 Å². The lowest BCUT2D eigenvalue weighted by Crippen LogP contribution is -2.00. The van der Waals surface area contributed by atoms with Crippen molar-refractivity contribution in [3.63, 3.8) is 0 Å². The summed E-state index contributed by atoms with van der Waals surface area (Å²) >= 11 is 3.38. The highest BCUT2D eigenvalue weighted by atomic mass is 79.9. The van der Waals surface area contributed by atoms with Crippen LogP contribution < -0.4 is 10.5 Å². The van der Waals surface area contributed by atoms with Gasteiger partial charge in [-0.2, -0.15) is 0 Å². The molecule has 0 unspecified atom stereocenters. The topological polar surface area (TPSA) is 35.2 Å². The van der Waals surface area contributed by atoms with E-state index >= 15 is 0 Å². The van der Waals surface area contributed by atoms with Crippen LogP contribution >= 0.6 is 15.9 Å². The van der Waals surface area contributed by atoms with E-state index in [1.165, 1.54) is 6.07 Å². The summed E-state index contributed by atoms with van der Waals surface area (Å²) in [5.41, 5.74) is 7.07. The third-order valence-corrected chi connectivity index (χ3v) is 3.40. The molecule has 2 aromatic carbocycles. The molecule has 100 valence electrons. The predicted molar refractivity (Wildman–Crippen MR) is 72.7 cm³/mol. The van der Waals surface area contributed by atoms with Crippen LogP contribution in [0.4, 0.5) is 8.78 Å². The Hall–Kier alpha value is -1.46. The Balaban J connectivity index is 2.07. The van der Waals surface area contributed by atoms with E-state index < -0.39 is 11.6 Å². The summed E-state index contributed by atoms with van der Waals surface area (Å²) in [7, 11) is 0. The predicted octanol–water partition coefficient (Wildman–Crippen LogP) is 3.77. The molecule has 2 aromatic rings. The van der Waals surface area contributed by atoms with E-state index in [4.69, 9.17) is 10.5 Å². The van der Waals surface area contributed by atoms with Gasteiger partial charge in [0.1, 0.15) is 12.4 Å². The first kappa shape index (κ1) is 14.0. The fourth-order valence-corrected chi connectivity index (χ4v) is 2.00.